The molecule has 7 nitrogen and oxygen atoms in total. The van der Waals surface area contributed by atoms with Gasteiger partial charge in [0.2, 0.25) is 0 Å². The van der Waals surface area contributed by atoms with Crippen molar-refractivity contribution in [3.8, 4) is 11.1 Å². The van der Waals surface area contributed by atoms with Crippen molar-refractivity contribution in [1.82, 2.24) is 24.9 Å². The smallest absolute Gasteiger partial charge is 0.165 e. The molecule has 4 heterocycles. The summed E-state index contributed by atoms with van der Waals surface area (Å²) in [6.07, 6.45) is 4.42. The number of nitrogens with zero attached hydrogens (tertiary/aromatic N) is 4. The maximum Gasteiger partial charge on any atom is 0.165 e. The summed E-state index contributed by atoms with van der Waals surface area (Å²) in [6.45, 7) is 2.03. The topological polar surface area (TPSA) is 90.4 Å². The number of nitrogens with two attached hydrogens (primary N) is 1. The summed E-state index contributed by atoms with van der Waals surface area (Å²) in [5.41, 5.74) is 10.0. The summed E-state index contributed by atoms with van der Waals surface area (Å²) >= 11 is 3.54. The number of aromatic nitrogens is 4. The Balaban J connectivity index is 1.57. The van der Waals surface area contributed by atoms with Gasteiger partial charge in [-0.15, -0.1) is 0 Å². The van der Waals surface area contributed by atoms with Gasteiger partial charge in [-0.3, -0.25) is 4.98 Å². The van der Waals surface area contributed by atoms with Crippen LogP contribution >= 0.6 is 15.9 Å². The van der Waals surface area contributed by atoms with Crippen molar-refractivity contribution in [2.75, 3.05) is 18.9 Å². The second-order valence-corrected chi connectivity index (χ2v) is 7.85. The normalized spacial score (nSPS) is 16.8. The number of pyridine rings is 1. The van der Waals surface area contributed by atoms with Crippen molar-refractivity contribution in [3.63, 3.8) is 0 Å². The van der Waals surface area contributed by atoms with Crippen molar-refractivity contribution in [2.24, 2.45) is 0 Å². The molecule has 0 aliphatic carbocycles. The van der Waals surface area contributed by atoms with Crippen LogP contribution in [0.4, 0.5) is 10.2 Å². The lowest BCUT2D eigenvalue weighted by Crippen LogP contribution is -2.29. The summed E-state index contributed by atoms with van der Waals surface area (Å²) in [6, 6.07) is 6.73. The lowest BCUT2D eigenvalue weighted by atomic mass is 10.1. The minimum Gasteiger partial charge on any atom is -0.383 e. The van der Waals surface area contributed by atoms with E-state index in [0.717, 1.165) is 40.8 Å². The molecule has 5 rings (SSSR count). The molecule has 1 aromatic carbocycles. The number of nitrogens with one attached hydrogen (secondary N) is 1. The first-order valence-corrected chi connectivity index (χ1v) is 10.1. The van der Waals surface area contributed by atoms with E-state index in [1.54, 1.807) is 23.0 Å². The highest BCUT2D eigenvalue weighted by atomic mass is 79.9. The van der Waals surface area contributed by atoms with Gasteiger partial charge in [0, 0.05) is 41.9 Å². The highest BCUT2D eigenvalue weighted by Crippen LogP contribution is 2.31. The summed E-state index contributed by atoms with van der Waals surface area (Å²) in [4.78, 5) is 9.24. The van der Waals surface area contributed by atoms with Crippen molar-refractivity contribution >= 4 is 38.3 Å². The molecule has 0 bridgehead atoms. The predicted octanol–water partition coefficient (Wildman–Crippen LogP) is 3.31. The van der Waals surface area contributed by atoms with Gasteiger partial charge in [-0.05, 0) is 46.6 Å². The zero-order valence-electron chi connectivity index (χ0n) is 15.4. The van der Waals surface area contributed by atoms with Gasteiger partial charge in [0.05, 0.1) is 28.5 Å². The van der Waals surface area contributed by atoms with Gasteiger partial charge >= 0.3 is 0 Å². The SMILES string of the molecule is Nc1c(Br)c(CN[C@@H]2CCOC2)nc2c(-c3cnc4ccc(F)cc4c3)cnn12. The van der Waals surface area contributed by atoms with Crippen LogP contribution in [0.2, 0.25) is 0 Å². The van der Waals surface area contributed by atoms with Crippen LogP contribution < -0.4 is 11.1 Å². The van der Waals surface area contributed by atoms with Crippen molar-refractivity contribution in [2.45, 2.75) is 19.0 Å². The van der Waals surface area contributed by atoms with Crippen molar-refractivity contribution in [3.05, 3.63) is 52.6 Å². The van der Waals surface area contributed by atoms with Gasteiger partial charge in [0.25, 0.3) is 0 Å². The van der Waals surface area contributed by atoms with Gasteiger partial charge in [0.15, 0.2) is 5.65 Å². The standard InChI is InChI=1S/C20H18BrFN6O/c21-18-17(9-24-14-3-4-29-10-14)27-20-15(8-26-28(20)19(18)23)12-5-11-6-13(22)1-2-16(11)25-7-12/h1-2,5-8,14,24H,3-4,9-10,23H2/t14-/m1/s1. The fourth-order valence-electron chi connectivity index (χ4n) is 3.55. The molecule has 29 heavy (non-hydrogen) atoms. The molecule has 1 aliphatic heterocycles. The summed E-state index contributed by atoms with van der Waals surface area (Å²) in [5.74, 6) is 0.174. The molecule has 0 saturated carbocycles. The van der Waals surface area contributed by atoms with Crippen LogP contribution in [0.3, 0.4) is 0 Å². The molecule has 0 unspecified atom stereocenters. The predicted molar refractivity (Wildman–Crippen MR) is 112 cm³/mol. The van der Waals surface area contributed by atoms with Gasteiger partial charge in [-0.1, -0.05) is 0 Å². The number of nitrogen functional groups attached to an aromatic ring is 1. The number of fused-ring (bicyclic) bond motifs is 2. The van der Waals surface area contributed by atoms with Crippen molar-refractivity contribution < 1.29 is 9.13 Å². The molecule has 3 N–H and O–H groups in total. The Hall–Kier alpha value is -2.62. The van der Waals surface area contributed by atoms with E-state index in [1.807, 2.05) is 6.07 Å². The van der Waals surface area contributed by atoms with E-state index in [9.17, 15) is 4.39 Å². The molecule has 0 radical (unpaired) electrons. The zero-order valence-corrected chi connectivity index (χ0v) is 17.0. The van der Waals surface area contributed by atoms with E-state index >= 15 is 0 Å². The number of rotatable bonds is 4. The molecule has 0 amide bonds. The molecule has 0 spiro atoms. The quantitative estimate of drug-likeness (QED) is 0.489. The van der Waals surface area contributed by atoms with Gasteiger partial charge in [0.1, 0.15) is 11.6 Å². The van der Waals surface area contributed by atoms with Crippen molar-refractivity contribution in [1.29, 1.82) is 0 Å². The molecule has 4 aromatic rings. The molecule has 3 aromatic heterocycles. The maximum atomic E-state index is 13.6. The first-order valence-electron chi connectivity index (χ1n) is 9.28. The zero-order chi connectivity index (χ0) is 20.0. The highest BCUT2D eigenvalue weighted by molar-refractivity contribution is 9.10. The molecule has 1 aliphatic rings. The first kappa shape index (κ1) is 18.4. The van der Waals surface area contributed by atoms with Crippen LogP contribution in [-0.2, 0) is 11.3 Å². The van der Waals surface area contributed by atoms with E-state index in [1.165, 1.54) is 12.1 Å². The Morgan fingerprint density at radius 3 is 3.03 bits per heavy atom. The average Bonchev–Trinajstić information content (AvgIpc) is 3.39. The number of benzene rings is 1. The van der Waals surface area contributed by atoms with Crippen LogP contribution in [0.1, 0.15) is 12.1 Å². The number of hydrogen-bond acceptors (Lipinski definition) is 6. The Morgan fingerprint density at radius 2 is 2.21 bits per heavy atom. The average molecular weight is 457 g/mol. The third kappa shape index (κ3) is 3.35. The molecule has 1 atom stereocenters. The Morgan fingerprint density at radius 1 is 1.31 bits per heavy atom. The highest BCUT2D eigenvalue weighted by Gasteiger charge is 2.19. The molecular weight excluding hydrogens is 439 g/mol. The van der Waals surface area contributed by atoms with E-state index < -0.39 is 0 Å². The third-order valence-corrected chi connectivity index (χ3v) is 6.00. The maximum absolute atomic E-state index is 13.6. The number of ether oxygens (including phenoxy) is 1. The second-order valence-electron chi connectivity index (χ2n) is 7.05. The molecular formula is C20H18BrFN6O. The van der Waals surface area contributed by atoms with Crippen LogP contribution in [0.25, 0.3) is 27.7 Å². The van der Waals surface area contributed by atoms with Crippen LogP contribution in [0.5, 0.6) is 0 Å². The Labute approximate surface area is 174 Å². The molecule has 1 fully saturated rings. The third-order valence-electron chi connectivity index (χ3n) is 5.13. The van der Waals surface area contributed by atoms with Crippen LogP contribution in [0.15, 0.2) is 41.1 Å². The van der Waals surface area contributed by atoms with E-state index in [4.69, 9.17) is 15.5 Å². The van der Waals surface area contributed by atoms with E-state index in [0.29, 0.717) is 35.1 Å². The van der Waals surface area contributed by atoms with Gasteiger partial charge < -0.3 is 15.8 Å². The minimum absolute atomic E-state index is 0.299. The lowest BCUT2D eigenvalue weighted by molar-refractivity contribution is 0.189. The van der Waals surface area contributed by atoms with Gasteiger partial charge in [-0.25, -0.2) is 9.37 Å². The fraction of sp³-hybridized carbons (Fsp3) is 0.250. The molecule has 148 valence electrons. The van der Waals surface area contributed by atoms with Gasteiger partial charge in [-0.2, -0.15) is 9.61 Å². The van der Waals surface area contributed by atoms with E-state index in [-0.39, 0.29) is 5.82 Å². The fourth-order valence-corrected chi connectivity index (χ4v) is 3.95. The molecule has 1 saturated heterocycles. The summed E-state index contributed by atoms with van der Waals surface area (Å²) in [7, 11) is 0. The minimum atomic E-state index is -0.299. The van der Waals surface area contributed by atoms with Crippen LogP contribution in [-0.4, -0.2) is 38.8 Å². The Kier molecular flexibility index (Phi) is 4.65. The first-order chi connectivity index (χ1) is 14.1. The van der Waals surface area contributed by atoms with E-state index in [2.05, 4.69) is 31.3 Å². The van der Waals surface area contributed by atoms with Crippen LogP contribution in [0, 0.1) is 5.82 Å². The number of halogens is 2. The largest absolute Gasteiger partial charge is 0.383 e. The lowest BCUT2D eigenvalue weighted by Gasteiger charge is -2.13. The number of anilines is 1. The number of hydrogen-bond donors (Lipinski definition) is 2. The second kappa shape index (κ2) is 7.33. The monoisotopic (exact) mass is 456 g/mol. The summed E-state index contributed by atoms with van der Waals surface area (Å²) in [5, 5.41) is 8.56. The summed E-state index contributed by atoms with van der Waals surface area (Å²) < 4.78 is 21.4. The molecule has 9 heteroatoms. The Bertz CT molecular complexity index is 1220.